The van der Waals surface area contributed by atoms with Crippen LogP contribution < -0.4 is 30.7 Å². The van der Waals surface area contributed by atoms with Gasteiger partial charge in [0.1, 0.15) is 26.9 Å². The molecule has 3 N–H and O–H groups in total. The van der Waals surface area contributed by atoms with Crippen molar-refractivity contribution in [2.75, 3.05) is 37.4 Å². The second-order valence-corrected chi connectivity index (χ2v) is 6.84. The first-order valence-corrected chi connectivity index (χ1v) is 9.89. The number of aromatic nitrogens is 2. The molecule has 30 heavy (non-hydrogen) atoms. The van der Waals surface area contributed by atoms with Crippen LogP contribution in [0.3, 0.4) is 0 Å². The molecule has 2 aromatic heterocycles. The number of nitrogens with zero attached hydrogens (tertiary/aromatic N) is 3. The Kier molecular flexibility index (Phi) is 8.63. The number of nitrogens with one attached hydrogen (secondary N) is 3. The molecule has 0 aliphatic carbocycles. The van der Waals surface area contributed by atoms with E-state index in [4.69, 9.17) is 11.2 Å². The van der Waals surface area contributed by atoms with Crippen LogP contribution in [-0.4, -0.2) is 42.3 Å². The summed E-state index contributed by atoms with van der Waals surface area (Å²) in [6.07, 6.45) is 6.65. The maximum Gasteiger partial charge on any atom is 0.270 e. The lowest BCUT2D eigenvalue weighted by Crippen LogP contribution is -2.34. The lowest BCUT2D eigenvalue weighted by Gasteiger charge is -2.06. The number of pyridine rings is 1. The molecule has 0 bridgehead atoms. The second kappa shape index (κ2) is 11.4. The molecule has 0 unspecified atom stereocenters. The third kappa shape index (κ3) is 5.70. The molecular weight excluding hydrogens is 404 g/mol. The second-order valence-electron chi connectivity index (χ2n) is 5.81. The largest absolute Gasteiger partial charge is 0.383 e. The van der Waals surface area contributed by atoms with Gasteiger partial charge in [-0.15, -0.1) is 17.8 Å². The molecule has 156 valence electrons. The first-order valence-electron chi connectivity index (χ1n) is 9.08. The summed E-state index contributed by atoms with van der Waals surface area (Å²) in [6, 6.07) is 7.26. The lowest BCUT2D eigenvalue weighted by molar-refractivity contribution is -0.115. The van der Waals surface area contributed by atoms with Gasteiger partial charge >= 0.3 is 0 Å². The molecule has 2 rings (SSSR count). The highest BCUT2D eigenvalue weighted by Gasteiger charge is 2.14. The topological polar surface area (TPSA) is 121 Å². The first-order chi connectivity index (χ1) is 14.5. The minimum Gasteiger partial charge on any atom is -0.383 e. The van der Waals surface area contributed by atoms with Crippen molar-refractivity contribution in [1.82, 2.24) is 14.9 Å². The van der Waals surface area contributed by atoms with Crippen LogP contribution in [0.2, 0.25) is 0 Å². The van der Waals surface area contributed by atoms with Crippen LogP contribution in [0, 0.1) is 23.7 Å². The molecule has 1 amide bonds. The molecule has 0 aliphatic rings. The summed E-state index contributed by atoms with van der Waals surface area (Å²) < 4.78 is 6.98. The van der Waals surface area contributed by atoms with Gasteiger partial charge < -0.3 is 20.7 Å². The predicted molar refractivity (Wildman–Crippen MR) is 117 cm³/mol. The zero-order valence-corrected chi connectivity index (χ0v) is 17.5. The van der Waals surface area contributed by atoms with E-state index in [1.807, 2.05) is 18.2 Å². The number of rotatable bonds is 9. The molecule has 0 saturated carbocycles. The van der Waals surface area contributed by atoms with E-state index in [0.29, 0.717) is 35.9 Å². The number of hydrogen-bond acceptors (Lipinski definition) is 8. The van der Waals surface area contributed by atoms with E-state index in [2.05, 4.69) is 26.9 Å². The molecule has 2 aromatic rings. The van der Waals surface area contributed by atoms with Crippen LogP contribution >= 0.6 is 11.3 Å². The number of carbonyl (C=O) groups is 1. The minimum atomic E-state index is -0.616. The van der Waals surface area contributed by atoms with E-state index in [0.717, 1.165) is 11.3 Å². The normalized spacial score (nSPS) is 11.9. The highest BCUT2D eigenvalue weighted by molar-refractivity contribution is 7.07. The Balaban J connectivity index is 2.39. The zero-order chi connectivity index (χ0) is 21.9. The van der Waals surface area contributed by atoms with Crippen LogP contribution in [0.5, 0.6) is 0 Å². The summed E-state index contributed by atoms with van der Waals surface area (Å²) in [5, 5.41) is 18.0. The molecule has 0 atom stereocenters. The van der Waals surface area contributed by atoms with Gasteiger partial charge in [-0.25, -0.2) is 4.98 Å². The predicted octanol–water partition coefficient (Wildman–Crippen LogP) is -0.343. The fourth-order valence-electron chi connectivity index (χ4n) is 2.44. The van der Waals surface area contributed by atoms with Crippen LogP contribution in [-0.2, 0) is 16.1 Å². The van der Waals surface area contributed by atoms with Crippen molar-refractivity contribution >= 4 is 40.7 Å². The number of amides is 1. The summed E-state index contributed by atoms with van der Waals surface area (Å²) in [6.45, 7) is 3.23. The van der Waals surface area contributed by atoms with Crippen molar-refractivity contribution in [3.63, 3.8) is 0 Å². The Hall–Kier alpha value is -3.60. The maximum atomic E-state index is 12.7. The quantitative estimate of drug-likeness (QED) is 0.370. The van der Waals surface area contributed by atoms with Crippen molar-refractivity contribution in [3.8, 4) is 18.4 Å². The van der Waals surface area contributed by atoms with Gasteiger partial charge in [-0.05, 0) is 19.1 Å². The van der Waals surface area contributed by atoms with Crippen LogP contribution in [0.25, 0.3) is 11.8 Å². The number of terminal acetylenes is 1. The van der Waals surface area contributed by atoms with Crippen molar-refractivity contribution in [1.29, 1.82) is 5.26 Å². The number of thiazole rings is 1. The Labute approximate surface area is 177 Å². The van der Waals surface area contributed by atoms with E-state index in [-0.39, 0.29) is 22.3 Å². The zero-order valence-electron chi connectivity index (χ0n) is 16.7. The van der Waals surface area contributed by atoms with Crippen LogP contribution in [0.15, 0.2) is 23.0 Å². The van der Waals surface area contributed by atoms with Crippen molar-refractivity contribution in [3.05, 3.63) is 37.7 Å². The van der Waals surface area contributed by atoms with E-state index < -0.39 is 5.91 Å². The maximum absolute atomic E-state index is 12.7. The Morgan fingerprint density at radius 3 is 2.87 bits per heavy atom. The smallest absolute Gasteiger partial charge is 0.270 e. The summed E-state index contributed by atoms with van der Waals surface area (Å²) in [4.78, 5) is 29.3. The third-order valence-electron chi connectivity index (χ3n) is 3.84. The number of ether oxygens (including phenoxy) is 1. The molecule has 0 fully saturated rings. The molecule has 0 saturated heterocycles. The fraction of sp³-hybridized carbons (Fsp3) is 0.300. The van der Waals surface area contributed by atoms with Gasteiger partial charge in [0.05, 0.1) is 13.2 Å². The first kappa shape index (κ1) is 22.7. The van der Waals surface area contributed by atoms with Crippen LogP contribution in [0.1, 0.15) is 6.92 Å². The molecule has 0 spiro atoms. The van der Waals surface area contributed by atoms with Crippen molar-refractivity contribution < 1.29 is 9.53 Å². The number of nitriles is 1. The molecule has 2 heterocycles. The van der Waals surface area contributed by atoms with Crippen molar-refractivity contribution in [2.24, 2.45) is 0 Å². The van der Waals surface area contributed by atoms with Gasteiger partial charge in [0.25, 0.3) is 11.5 Å². The summed E-state index contributed by atoms with van der Waals surface area (Å²) in [5.41, 5.74) is -0.465. The van der Waals surface area contributed by atoms with Gasteiger partial charge in [-0.2, -0.15) is 5.26 Å². The lowest BCUT2D eigenvalue weighted by atomic mass is 10.3. The molecule has 10 heteroatoms. The Morgan fingerprint density at radius 1 is 1.43 bits per heavy atom. The standard InChI is InChI=1S/C20H22N6O3S/c1-4-9-23-18(27)14(12-21)20-26(5-2)19(28)15(30-20)13-24-17-8-6-7-16(25-17)22-10-11-29-3/h1,6-8,13H,5,9-11H2,2-3H3,(H,23,27)(H2,22,24,25)/b15-13+,20-14-. The highest BCUT2D eigenvalue weighted by Crippen LogP contribution is 2.08. The number of methoxy groups -OCH3 is 1. The summed E-state index contributed by atoms with van der Waals surface area (Å²) in [5.74, 6) is 2.86. The Bertz CT molecular complexity index is 1150. The molecule has 9 nitrogen and oxygen atoms in total. The number of carbonyl (C=O) groups excluding carboxylic acids is 1. The average Bonchev–Trinajstić information content (AvgIpc) is 3.06. The third-order valence-corrected chi connectivity index (χ3v) is 4.97. The minimum absolute atomic E-state index is 0.00723. The molecule has 0 aliphatic heterocycles. The summed E-state index contributed by atoms with van der Waals surface area (Å²) >= 11 is 1.05. The monoisotopic (exact) mass is 426 g/mol. The van der Waals surface area contributed by atoms with Crippen LogP contribution in [0.4, 0.5) is 11.6 Å². The molecule has 0 radical (unpaired) electrons. The highest BCUT2D eigenvalue weighted by atomic mass is 32.1. The van der Waals surface area contributed by atoms with Gasteiger partial charge in [-0.1, -0.05) is 12.0 Å². The summed E-state index contributed by atoms with van der Waals surface area (Å²) in [7, 11) is 1.62. The SMILES string of the molecule is C#CCNC(=O)/C(C#N)=c1\s/c(=C/Nc2cccc(NCCOC)n2)c(=O)n1CC. The number of hydrogen-bond donors (Lipinski definition) is 3. The van der Waals surface area contributed by atoms with E-state index in [1.165, 1.54) is 10.8 Å². The van der Waals surface area contributed by atoms with Gasteiger partial charge in [0.2, 0.25) is 0 Å². The molecule has 0 aromatic carbocycles. The van der Waals surface area contributed by atoms with Gasteiger partial charge in [0.15, 0.2) is 5.57 Å². The van der Waals surface area contributed by atoms with Gasteiger partial charge in [-0.3, -0.25) is 14.2 Å². The van der Waals surface area contributed by atoms with E-state index >= 15 is 0 Å². The average molecular weight is 427 g/mol. The van der Waals surface area contributed by atoms with Gasteiger partial charge in [0, 0.05) is 26.4 Å². The molecular formula is C20H22N6O3S. The Morgan fingerprint density at radius 2 is 2.20 bits per heavy atom. The van der Waals surface area contributed by atoms with Crippen molar-refractivity contribution in [2.45, 2.75) is 13.5 Å². The fourth-order valence-corrected chi connectivity index (χ4v) is 3.53. The van der Waals surface area contributed by atoms with E-state index in [1.54, 1.807) is 20.1 Å². The number of anilines is 2. The van der Waals surface area contributed by atoms with E-state index in [9.17, 15) is 14.9 Å².